The highest BCUT2D eigenvalue weighted by atomic mass is 16.7. The van der Waals surface area contributed by atoms with Gasteiger partial charge in [-0.2, -0.15) is 0 Å². The number of hydrogen-bond acceptors (Lipinski definition) is 3. The van der Waals surface area contributed by atoms with Gasteiger partial charge >= 0.3 is 6.16 Å². The molecule has 5 rings (SSSR count). The first-order valence-corrected chi connectivity index (χ1v) is 15.3. The van der Waals surface area contributed by atoms with Crippen molar-refractivity contribution in [3.05, 3.63) is 42.0 Å². The van der Waals surface area contributed by atoms with Gasteiger partial charge in [-0.25, -0.2) is 4.79 Å². The average molecular weight is 507 g/mol. The van der Waals surface area contributed by atoms with Crippen LogP contribution in [0.2, 0.25) is 0 Å². The number of benzene rings is 1. The molecule has 204 valence electrons. The third-order valence-electron chi connectivity index (χ3n) is 11.5. The first kappa shape index (κ1) is 26.8. The molecule has 4 aliphatic carbocycles. The summed E-state index contributed by atoms with van der Waals surface area (Å²) in [6, 6.07) is 9.23. The Hall–Kier alpha value is -1.77. The minimum absolute atomic E-state index is 0.0662. The molecule has 0 spiro atoms. The van der Waals surface area contributed by atoms with Crippen LogP contribution in [0.1, 0.15) is 105 Å². The zero-order valence-corrected chi connectivity index (χ0v) is 24.0. The summed E-state index contributed by atoms with van der Waals surface area (Å²) < 4.78 is 11.2. The number of ether oxygens (including phenoxy) is 2. The van der Waals surface area contributed by atoms with Gasteiger partial charge in [-0.15, -0.1) is 0 Å². The highest BCUT2D eigenvalue weighted by Crippen LogP contribution is 2.67. The molecule has 3 heteroatoms. The maximum atomic E-state index is 12.4. The van der Waals surface area contributed by atoms with E-state index in [4.69, 9.17) is 9.47 Å². The average Bonchev–Trinajstić information content (AvgIpc) is 3.22. The lowest BCUT2D eigenvalue weighted by Gasteiger charge is -2.58. The molecule has 1 aromatic carbocycles. The molecule has 4 aliphatic rings. The van der Waals surface area contributed by atoms with Gasteiger partial charge < -0.3 is 9.47 Å². The van der Waals surface area contributed by atoms with E-state index in [1.54, 1.807) is 17.7 Å². The second kappa shape index (κ2) is 10.8. The molecule has 0 aromatic heterocycles. The summed E-state index contributed by atoms with van der Waals surface area (Å²) in [5.41, 5.74) is 2.36. The molecule has 0 unspecified atom stereocenters. The SMILES string of the molecule is CC(C)CCC[C@H](C)[C@H]1CC[C@H]2[C@H]3CC=C4C[C@@H](OC(=O)Oc5ccccc5)CC[C@]4(C)[C@@H]3CC[C@]12C. The summed E-state index contributed by atoms with van der Waals surface area (Å²) in [4.78, 5) is 12.4. The van der Waals surface area contributed by atoms with E-state index in [2.05, 4.69) is 40.7 Å². The zero-order valence-electron chi connectivity index (χ0n) is 24.0. The number of hydrogen-bond donors (Lipinski definition) is 0. The smallest absolute Gasteiger partial charge is 0.430 e. The molecule has 0 heterocycles. The van der Waals surface area contributed by atoms with Gasteiger partial charge in [-0.3, -0.25) is 0 Å². The van der Waals surface area contributed by atoms with E-state index in [-0.39, 0.29) is 11.5 Å². The third kappa shape index (κ3) is 5.26. The number of fused-ring (bicyclic) bond motifs is 5. The monoisotopic (exact) mass is 506 g/mol. The largest absolute Gasteiger partial charge is 0.514 e. The van der Waals surface area contributed by atoms with Crippen LogP contribution in [-0.4, -0.2) is 12.3 Å². The highest BCUT2D eigenvalue weighted by Gasteiger charge is 2.59. The van der Waals surface area contributed by atoms with E-state index in [1.807, 2.05) is 18.2 Å². The topological polar surface area (TPSA) is 35.5 Å². The Balaban J connectivity index is 1.22. The van der Waals surface area contributed by atoms with Gasteiger partial charge in [-0.1, -0.05) is 83.7 Å². The summed E-state index contributed by atoms with van der Waals surface area (Å²) >= 11 is 0. The molecule has 0 bridgehead atoms. The van der Waals surface area contributed by atoms with Crippen LogP contribution in [0.4, 0.5) is 4.79 Å². The molecule has 1 aromatic rings. The molecular formula is C34H50O3. The maximum absolute atomic E-state index is 12.4. The van der Waals surface area contributed by atoms with Crippen LogP contribution >= 0.6 is 0 Å². The van der Waals surface area contributed by atoms with Crippen LogP contribution in [0.5, 0.6) is 5.75 Å². The van der Waals surface area contributed by atoms with Crippen LogP contribution in [0, 0.1) is 46.3 Å². The van der Waals surface area contributed by atoms with Crippen molar-refractivity contribution in [3.8, 4) is 5.75 Å². The first-order valence-electron chi connectivity index (χ1n) is 15.3. The summed E-state index contributed by atoms with van der Waals surface area (Å²) in [5.74, 6) is 5.64. The van der Waals surface area contributed by atoms with Gasteiger partial charge in [0.1, 0.15) is 11.9 Å². The molecule has 0 aliphatic heterocycles. The van der Waals surface area contributed by atoms with E-state index < -0.39 is 6.16 Å². The predicted octanol–water partition coefficient (Wildman–Crippen LogP) is 9.61. The fourth-order valence-electron chi connectivity index (χ4n) is 9.50. The molecule has 3 saturated carbocycles. The lowest BCUT2D eigenvalue weighted by Crippen LogP contribution is -2.51. The van der Waals surface area contributed by atoms with Gasteiger partial charge in [0.05, 0.1) is 0 Å². The third-order valence-corrected chi connectivity index (χ3v) is 11.5. The van der Waals surface area contributed by atoms with E-state index in [0.29, 0.717) is 11.2 Å². The highest BCUT2D eigenvalue weighted by molar-refractivity contribution is 5.64. The number of carbonyl (C=O) groups excluding carboxylic acids is 1. The van der Waals surface area contributed by atoms with Gasteiger partial charge in [0.25, 0.3) is 0 Å². The minimum Gasteiger partial charge on any atom is -0.430 e. The van der Waals surface area contributed by atoms with Crippen LogP contribution in [0.3, 0.4) is 0 Å². The summed E-state index contributed by atoms with van der Waals surface area (Å²) in [6.45, 7) is 12.5. The van der Waals surface area contributed by atoms with E-state index in [9.17, 15) is 4.79 Å². The Kier molecular flexibility index (Phi) is 7.81. The van der Waals surface area contributed by atoms with Crippen LogP contribution in [-0.2, 0) is 4.74 Å². The van der Waals surface area contributed by atoms with E-state index in [1.165, 1.54) is 51.4 Å². The van der Waals surface area contributed by atoms with Crippen LogP contribution in [0.15, 0.2) is 42.0 Å². The molecular weight excluding hydrogens is 456 g/mol. The quantitative estimate of drug-likeness (QED) is 0.210. The van der Waals surface area contributed by atoms with Crippen molar-refractivity contribution in [3.63, 3.8) is 0 Å². The maximum Gasteiger partial charge on any atom is 0.514 e. The van der Waals surface area contributed by atoms with Crippen molar-refractivity contribution in [2.24, 2.45) is 46.3 Å². The summed E-state index contributed by atoms with van der Waals surface area (Å²) in [5, 5.41) is 0. The van der Waals surface area contributed by atoms with Crippen molar-refractivity contribution in [2.75, 3.05) is 0 Å². The van der Waals surface area contributed by atoms with Crippen molar-refractivity contribution in [1.82, 2.24) is 0 Å². The van der Waals surface area contributed by atoms with Crippen molar-refractivity contribution in [1.29, 1.82) is 0 Å². The van der Waals surface area contributed by atoms with Gasteiger partial charge in [-0.05, 0) is 103 Å². The fraction of sp³-hybridized carbons (Fsp3) is 0.735. The Morgan fingerprint density at radius 2 is 1.76 bits per heavy atom. The first-order chi connectivity index (χ1) is 17.7. The number of para-hydroxylation sites is 1. The summed E-state index contributed by atoms with van der Waals surface area (Å²) in [6.07, 6.45) is 16.0. The zero-order chi connectivity index (χ0) is 26.2. The number of allylic oxidation sites excluding steroid dienone is 1. The Morgan fingerprint density at radius 1 is 0.973 bits per heavy atom. The molecule has 0 amide bonds. The lowest BCUT2D eigenvalue weighted by atomic mass is 9.47. The van der Waals surface area contributed by atoms with Gasteiger partial charge in [0.2, 0.25) is 0 Å². The molecule has 0 saturated heterocycles. The predicted molar refractivity (Wildman–Crippen MR) is 150 cm³/mol. The molecule has 37 heavy (non-hydrogen) atoms. The summed E-state index contributed by atoms with van der Waals surface area (Å²) in [7, 11) is 0. The van der Waals surface area contributed by atoms with Crippen molar-refractivity contribution >= 4 is 6.16 Å². The Morgan fingerprint density at radius 3 is 2.51 bits per heavy atom. The van der Waals surface area contributed by atoms with Crippen LogP contribution in [0.25, 0.3) is 0 Å². The molecule has 0 radical (unpaired) electrons. The number of carbonyl (C=O) groups is 1. The minimum atomic E-state index is -0.568. The molecule has 3 fully saturated rings. The normalized spacial score (nSPS) is 37.7. The molecule has 8 atom stereocenters. The van der Waals surface area contributed by atoms with Crippen molar-refractivity contribution < 1.29 is 14.3 Å². The second-order valence-corrected chi connectivity index (χ2v) is 13.9. The Labute approximate surface area is 225 Å². The molecule has 0 N–H and O–H groups in total. The van der Waals surface area contributed by atoms with Gasteiger partial charge in [0, 0.05) is 6.42 Å². The van der Waals surface area contributed by atoms with Crippen LogP contribution < -0.4 is 4.74 Å². The van der Waals surface area contributed by atoms with E-state index >= 15 is 0 Å². The van der Waals surface area contributed by atoms with Crippen molar-refractivity contribution in [2.45, 2.75) is 111 Å². The number of rotatable bonds is 7. The second-order valence-electron chi connectivity index (χ2n) is 13.9. The standard InChI is InChI=1S/C34H50O3/c1-23(2)10-9-11-24(3)29-16-17-30-28-15-14-25-22-27(37-32(35)36-26-12-7-6-8-13-26)18-20-33(25,4)31(28)19-21-34(29,30)5/h6-8,12-14,23-24,27-31H,9-11,15-22H2,1-5H3/t24-,27-,28+,29+,30-,31+,33-,34+/m0/s1. The Bertz CT molecular complexity index is 967. The fourth-order valence-corrected chi connectivity index (χ4v) is 9.50. The van der Waals surface area contributed by atoms with E-state index in [0.717, 1.165) is 54.8 Å². The molecule has 3 nitrogen and oxygen atoms in total. The lowest BCUT2D eigenvalue weighted by molar-refractivity contribution is -0.0597. The van der Waals surface area contributed by atoms with Gasteiger partial charge in [0.15, 0.2) is 0 Å².